The van der Waals surface area contributed by atoms with Crippen molar-refractivity contribution in [2.45, 2.75) is 13.8 Å². The van der Waals surface area contributed by atoms with Crippen LogP contribution in [0.1, 0.15) is 13.8 Å². The predicted octanol–water partition coefficient (Wildman–Crippen LogP) is 2.31. The van der Waals surface area contributed by atoms with Gasteiger partial charge in [-0.1, -0.05) is 13.8 Å². The Morgan fingerprint density at radius 3 is 2.40 bits per heavy atom. The molecule has 0 aromatic heterocycles. The molecule has 1 aromatic rings. The van der Waals surface area contributed by atoms with Gasteiger partial charge in [0.2, 0.25) is 0 Å². The standard InChI is InChI=1S/C11H18NO2P/c1-4-15(13,5-2)9-6-7-10(12)11(8-9)14-3/h6-8H,4-5,12H2,1-3H3. The molecular formula is C11H18NO2P. The van der Waals surface area contributed by atoms with Crippen molar-refractivity contribution in [2.24, 2.45) is 0 Å². The summed E-state index contributed by atoms with van der Waals surface area (Å²) in [6.45, 7) is 3.90. The third-order valence-corrected chi connectivity index (χ3v) is 5.97. The Hall–Kier alpha value is -0.950. The molecular weight excluding hydrogens is 209 g/mol. The highest BCUT2D eigenvalue weighted by atomic mass is 31.2. The number of nitrogens with two attached hydrogens (primary N) is 1. The van der Waals surface area contributed by atoms with E-state index in [1.54, 1.807) is 19.2 Å². The van der Waals surface area contributed by atoms with Crippen molar-refractivity contribution in [3.05, 3.63) is 18.2 Å². The summed E-state index contributed by atoms with van der Waals surface area (Å²) in [5.41, 5.74) is 6.29. The van der Waals surface area contributed by atoms with Crippen LogP contribution in [0.5, 0.6) is 5.75 Å². The van der Waals surface area contributed by atoms with E-state index in [4.69, 9.17) is 10.5 Å². The molecule has 0 atom stereocenters. The second kappa shape index (κ2) is 4.71. The molecule has 0 fully saturated rings. The first-order valence-electron chi connectivity index (χ1n) is 5.09. The van der Waals surface area contributed by atoms with E-state index in [0.29, 0.717) is 23.8 Å². The SMILES string of the molecule is CCP(=O)(CC)c1ccc(N)c(OC)c1. The minimum Gasteiger partial charge on any atom is -0.495 e. The summed E-state index contributed by atoms with van der Waals surface area (Å²) in [5, 5.41) is 0.860. The van der Waals surface area contributed by atoms with Gasteiger partial charge in [0.1, 0.15) is 12.9 Å². The molecule has 0 amide bonds. The first-order valence-corrected chi connectivity index (χ1v) is 7.17. The van der Waals surface area contributed by atoms with Crippen LogP contribution in [0.2, 0.25) is 0 Å². The minimum atomic E-state index is -2.23. The second-order valence-corrected chi connectivity index (χ2v) is 7.01. The summed E-state index contributed by atoms with van der Waals surface area (Å²) in [4.78, 5) is 0. The lowest BCUT2D eigenvalue weighted by Gasteiger charge is -2.16. The van der Waals surface area contributed by atoms with Gasteiger partial charge >= 0.3 is 0 Å². The van der Waals surface area contributed by atoms with Gasteiger partial charge in [-0.3, -0.25) is 0 Å². The Morgan fingerprint density at radius 2 is 1.93 bits per heavy atom. The molecule has 0 aliphatic heterocycles. The number of hydrogen-bond donors (Lipinski definition) is 1. The third kappa shape index (κ3) is 2.35. The molecule has 2 N–H and O–H groups in total. The van der Waals surface area contributed by atoms with Gasteiger partial charge in [-0.15, -0.1) is 0 Å². The summed E-state index contributed by atoms with van der Waals surface area (Å²) in [5.74, 6) is 0.606. The van der Waals surface area contributed by atoms with Crippen LogP contribution in [-0.4, -0.2) is 19.4 Å². The van der Waals surface area contributed by atoms with Gasteiger partial charge in [0.25, 0.3) is 0 Å². The number of hydrogen-bond acceptors (Lipinski definition) is 3. The summed E-state index contributed by atoms with van der Waals surface area (Å²) < 4.78 is 17.6. The quantitative estimate of drug-likeness (QED) is 0.634. The Morgan fingerprint density at radius 1 is 1.33 bits per heavy atom. The van der Waals surface area contributed by atoms with Gasteiger partial charge in [-0.05, 0) is 18.2 Å². The molecule has 84 valence electrons. The van der Waals surface area contributed by atoms with Crippen molar-refractivity contribution < 1.29 is 9.30 Å². The van der Waals surface area contributed by atoms with Crippen LogP contribution < -0.4 is 15.8 Å². The van der Waals surface area contributed by atoms with Gasteiger partial charge in [-0.25, -0.2) is 0 Å². The maximum absolute atomic E-state index is 12.4. The molecule has 0 bridgehead atoms. The molecule has 0 unspecified atom stereocenters. The summed E-state index contributed by atoms with van der Waals surface area (Å²) in [6, 6.07) is 5.39. The molecule has 0 saturated heterocycles. The monoisotopic (exact) mass is 227 g/mol. The lowest BCUT2D eigenvalue weighted by Crippen LogP contribution is -2.09. The first kappa shape index (κ1) is 12.1. The van der Waals surface area contributed by atoms with Crippen molar-refractivity contribution >= 4 is 18.1 Å². The first-order chi connectivity index (χ1) is 7.07. The molecule has 3 nitrogen and oxygen atoms in total. The van der Waals surface area contributed by atoms with Crippen LogP contribution in [0, 0.1) is 0 Å². The van der Waals surface area contributed by atoms with Crippen molar-refractivity contribution in [3.63, 3.8) is 0 Å². The van der Waals surface area contributed by atoms with Crippen LogP contribution in [-0.2, 0) is 4.57 Å². The van der Waals surface area contributed by atoms with Gasteiger partial charge in [0.05, 0.1) is 12.8 Å². The van der Waals surface area contributed by atoms with Crippen LogP contribution in [0.3, 0.4) is 0 Å². The molecule has 0 heterocycles. The molecule has 0 aliphatic carbocycles. The van der Waals surface area contributed by atoms with Gasteiger partial charge in [0, 0.05) is 17.6 Å². The van der Waals surface area contributed by atoms with E-state index in [1.807, 2.05) is 19.9 Å². The number of methoxy groups -OCH3 is 1. The van der Waals surface area contributed by atoms with E-state index >= 15 is 0 Å². The predicted molar refractivity (Wildman–Crippen MR) is 65.7 cm³/mol. The van der Waals surface area contributed by atoms with E-state index < -0.39 is 7.14 Å². The molecule has 0 saturated carbocycles. The zero-order valence-corrected chi connectivity index (χ0v) is 10.4. The highest BCUT2D eigenvalue weighted by molar-refractivity contribution is 7.71. The Balaban J connectivity index is 3.21. The zero-order valence-electron chi connectivity index (χ0n) is 9.49. The fourth-order valence-electron chi connectivity index (χ4n) is 1.54. The number of rotatable bonds is 4. The molecule has 1 aromatic carbocycles. The van der Waals surface area contributed by atoms with Crippen LogP contribution >= 0.6 is 7.14 Å². The Labute approximate surface area is 91.0 Å². The molecule has 15 heavy (non-hydrogen) atoms. The summed E-state index contributed by atoms with van der Waals surface area (Å²) in [7, 11) is -0.661. The number of benzene rings is 1. The van der Waals surface area contributed by atoms with Crippen molar-refractivity contribution in [2.75, 3.05) is 25.2 Å². The van der Waals surface area contributed by atoms with E-state index in [2.05, 4.69) is 0 Å². The van der Waals surface area contributed by atoms with Crippen molar-refractivity contribution in [1.82, 2.24) is 0 Å². The van der Waals surface area contributed by atoms with E-state index in [-0.39, 0.29) is 0 Å². The molecule has 0 spiro atoms. The number of ether oxygens (including phenoxy) is 1. The Kier molecular flexibility index (Phi) is 3.81. The summed E-state index contributed by atoms with van der Waals surface area (Å²) in [6.07, 6.45) is 1.35. The lowest BCUT2D eigenvalue weighted by molar-refractivity contribution is 0.417. The van der Waals surface area contributed by atoms with Gasteiger partial charge in [0.15, 0.2) is 0 Å². The number of anilines is 1. The lowest BCUT2D eigenvalue weighted by atomic mass is 10.3. The number of nitrogen functional groups attached to an aromatic ring is 1. The van der Waals surface area contributed by atoms with Crippen LogP contribution in [0.15, 0.2) is 18.2 Å². The minimum absolute atomic E-state index is 0.583. The fourth-order valence-corrected chi connectivity index (χ4v) is 3.42. The van der Waals surface area contributed by atoms with E-state index in [9.17, 15) is 4.57 Å². The van der Waals surface area contributed by atoms with E-state index in [1.165, 1.54) is 0 Å². The highest BCUT2D eigenvalue weighted by Crippen LogP contribution is 2.44. The maximum atomic E-state index is 12.4. The topological polar surface area (TPSA) is 52.3 Å². The van der Waals surface area contributed by atoms with Gasteiger partial charge in [-0.2, -0.15) is 0 Å². The van der Waals surface area contributed by atoms with Crippen LogP contribution in [0.4, 0.5) is 5.69 Å². The normalized spacial score (nSPS) is 11.4. The van der Waals surface area contributed by atoms with Crippen molar-refractivity contribution in [1.29, 1.82) is 0 Å². The second-order valence-electron chi connectivity index (χ2n) is 3.45. The smallest absolute Gasteiger partial charge is 0.142 e. The van der Waals surface area contributed by atoms with Crippen molar-refractivity contribution in [3.8, 4) is 5.75 Å². The molecule has 1 rings (SSSR count). The third-order valence-electron chi connectivity index (χ3n) is 2.71. The van der Waals surface area contributed by atoms with Gasteiger partial charge < -0.3 is 15.0 Å². The van der Waals surface area contributed by atoms with E-state index in [0.717, 1.165) is 5.30 Å². The highest BCUT2D eigenvalue weighted by Gasteiger charge is 2.20. The Bertz CT molecular complexity index is 382. The largest absolute Gasteiger partial charge is 0.495 e. The average Bonchev–Trinajstić information content (AvgIpc) is 2.28. The average molecular weight is 227 g/mol. The zero-order chi connectivity index (χ0) is 11.5. The molecule has 0 radical (unpaired) electrons. The molecule has 0 aliphatic rings. The summed E-state index contributed by atoms with van der Waals surface area (Å²) >= 11 is 0. The molecule has 4 heteroatoms. The maximum Gasteiger partial charge on any atom is 0.142 e. The van der Waals surface area contributed by atoms with Crippen LogP contribution in [0.25, 0.3) is 0 Å². The fraction of sp³-hybridized carbons (Fsp3) is 0.455.